The maximum Gasteiger partial charge on any atom is 0.416 e. The average Bonchev–Trinajstić information content (AvgIpc) is 2.63. The summed E-state index contributed by atoms with van der Waals surface area (Å²) in [4.78, 5) is 11.6. The number of hydrogen-bond acceptors (Lipinski definition) is 2. The lowest BCUT2D eigenvalue weighted by atomic mass is 9.82. The van der Waals surface area contributed by atoms with E-state index in [1.54, 1.807) is 0 Å². The SMILES string of the molecule is Cc1c(C(C)(C)C)ccc2c1c(C)c(CO[Si])n2C(=O)O. The van der Waals surface area contributed by atoms with E-state index >= 15 is 0 Å². The Morgan fingerprint density at radius 1 is 1.29 bits per heavy atom. The Kier molecular flexibility index (Phi) is 3.99. The standard InChI is InChI=1S/C16H20NO3Si/c1-9-11(16(3,4)5)6-7-12-14(9)10(2)13(8-20-21)17(12)15(18)19/h6-7H,8H2,1-5H3,(H,18,19). The van der Waals surface area contributed by atoms with Crippen LogP contribution in [0.2, 0.25) is 0 Å². The van der Waals surface area contributed by atoms with Crippen molar-refractivity contribution in [3.63, 3.8) is 0 Å². The summed E-state index contributed by atoms with van der Waals surface area (Å²) in [5, 5.41) is 10.5. The van der Waals surface area contributed by atoms with E-state index in [4.69, 9.17) is 4.43 Å². The van der Waals surface area contributed by atoms with E-state index in [9.17, 15) is 9.90 Å². The van der Waals surface area contributed by atoms with Crippen LogP contribution in [0, 0.1) is 13.8 Å². The number of benzene rings is 1. The van der Waals surface area contributed by atoms with Gasteiger partial charge in [0.05, 0.1) is 17.8 Å². The molecule has 0 aliphatic heterocycles. The molecule has 111 valence electrons. The first kappa shape index (κ1) is 15.8. The fourth-order valence-corrected chi connectivity index (χ4v) is 3.22. The molecule has 2 aromatic rings. The number of carboxylic acid groups (broad SMARTS) is 1. The first-order valence-corrected chi connectivity index (χ1v) is 7.26. The van der Waals surface area contributed by atoms with E-state index in [1.165, 1.54) is 10.1 Å². The van der Waals surface area contributed by atoms with Crippen molar-refractivity contribution in [1.29, 1.82) is 0 Å². The molecular weight excluding hydrogens is 282 g/mol. The summed E-state index contributed by atoms with van der Waals surface area (Å²) in [5.41, 5.74) is 4.70. The summed E-state index contributed by atoms with van der Waals surface area (Å²) >= 11 is 0. The van der Waals surface area contributed by atoms with Crippen LogP contribution in [0.1, 0.15) is 43.2 Å². The summed E-state index contributed by atoms with van der Waals surface area (Å²) in [6.07, 6.45) is -0.991. The maximum absolute atomic E-state index is 11.6. The summed E-state index contributed by atoms with van der Waals surface area (Å²) in [5.74, 6) is 0. The number of nitrogens with zero attached hydrogens (tertiary/aromatic N) is 1. The van der Waals surface area contributed by atoms with E-state index in [1.807, 2.05) is 19.1 Å². The zero-order valence-electron chi connectivity index (χ0n) is 13.1. The van der Waals surface area contributed by atoms with Gasteiger partial charge in [-0.2, -0.15) is 0 Å². The summed E-state index contributed by atoms with van der Waals surface area (Å²) in [6.45, 7) is 10.7. The third-order valence-corrected chi connectivity index (χ3v) is 4.11. The van der Waals surface area contributed by atoms with E-state index < -0.39 is 6.09 Å². The van der Waals surface area contributed by atoms with Crippen molar-refractivity contribution in [1.82, 2.24) is 4.57 Å². The van der Waals surface area contributed by atoms with E-state index in [2.05, 4.69) is 38.2 Å². The van der Waals surface area contributed by atoms with Gasteiger partial charge in [0.2, 0.25) is 10.5 Å². The molecule has 0 spiro atoms. The van der Waals surface area contributed by atoms with Crippen LogP contribution in [0.25, 0.3) is 10.9 Å². The van der Waals surface area contributed by atoms with Crippen molar-refractivity contribution < 1.29 is 14.3 Å². The normalized spacial score (nSPS) is 12.1. The zero-order valence-corrected chi connectivity index (χ0v) is 14.1. The Morgan fingerprint density at radius 2 is 1.90 bits per heavy atom. The van der Waals surface area contributed by atoms with Crippen LogP contribution in [0.3, 0.4) is 0 Å². The molecule has 0 fully saturated rings. The number of hydrogen-bond donors (Lipinski definition) is 1. The minimum atomic E-state index is -0.991. The van der Waals surface area contributed by atoms with E-state index in [0.717, 1.165) is 16.5 Å². The monoisotopic (exact) mass is 302 g/mol. The number of carbonyl (C=O) groups is 1. The van der Waals surface area contributed by atoms with E-state index in [-0.39, 0.29) is 12.0 Å². The van der Waals surface area contributed by atoms with Crippen LogP contribution in [-0.2, 0) is 16.4 Å². The molecule has 0 unspecified atom stereocenters. The Balaban J connectivity index is 2.90. The van der Waals surface area contributed by atoms with Crippen molar-refractivity contribution in [2.75, 3.05) is 0 Å². The molecule has 1 heterocycles. The summed E-state index contributed by atoms with van der Waals surface area (Å²) in [6, 6.07) is 3.91. The van der Waals surface area contributed by atoms with Crippen molar-refractivity contribution in [3.8, 4) is 0 Å². The lowest BCUT2D eigenvalue weighted by Crippen LogP contribution is -2.14. The first-order valence-electron chi connectivity index (χ1n) is 6.86. The lowest BCUT2D eigenvalue weighted by molar-refractivity contribution is 0.194. The fraction of sp³-hybridized carbons (Fsp3) is 0.438. The number of aromatic nitrogens is 1. The molecule has 5 heteroatoms. The predicted octanol–water partition coefficient (Wildman–Crippen LogP) is 3.68. The molecule has 21 heavy (non-hydrogen) atoms. The van der Waals surface area contributed by atoms with Gasteiger partial charge in [0.1, 0.15) is 0 Å². The van der Waals surface area contributed by atoms with Crippen molar-refractivity contribution in [2.45, 2.75) is 46.6 Å². The van der Waals surface area contributed by atoms with E-state index in [0.29, 0.717) is 11.2 Å². The molecule has 0 aliphatic carbocycles. The van der Waals surface area contributed by atoms with Gasteiger partial charge in [-0.25, -0.2) is 9.36 Å². The smallest absolute Gasteiger partial charge is 0.416 e. The van der Waals surface area contributed by atoms with Gasteiger partial charge in [0.25, 0.3) is 0 Å². The minimum Gasteiger partial charge on any atom is -0.464 e. The van der Waals surface area contributed by atoms with Crippen LogP contribution in [0.5, 0.6) is 0 Å². The lowest BCUT2D eigenvalue weighted by Gasteiger charge is -2.22. The van der Waals surface area contributed by atoms with Crippen LogP contribution in [-0.4, -0.2) is 26.3 Å². The largest absolute Gasteiger partial charge is 0.464 e. The molecule has 0 bridgehead atoms. The molecule has 0 saturated heterocycles. The Hall–Kier alpha value is -1.59. The first-order chi connectivity index (χ1) is 9.70. The van der Waals surface area contributed by atoms with Gasteiger partial charge in [0.15, 0.2) is 0 Å². The quantitative estimate of drug-likeness (QED) is 0.861. The van der Waals surface area contributed by atoms with Gasteiger partial charge >= 0.3 is 6.09 Å². The third kappa shape index (κ3) is 2.51. The maximum atomic E-state index is 11.6. The molecule has 1 aromatic heterocycles. The molecular formula is C16H20NO3Si. The predicted molar refractivity (Wildman–Crippen MR) is 84.1 cm³/mol. The highest BCUT2D eigenvalue weighted by Crippen LogP contribution is 2.35. The second-order valence-electron chi connectivity index (χ2n) is 6.36. The highest BCUT2D eigenvalue weighted by atomic mass is 28.2. The molecule has 3 radical (unpaired) electrons. The molecule has 0 saturated carbocycles. The van der Waals surface area contributed by atoms with Crippen LogP contribution >= 0.6 is 0 Å². The van der Waals surface area contributed by atoms with Gasteiger partial charge in [-0.3, -0.25) is 0 Å². The van der Waals surface area contributed by atoms with Crippen LogP contribution in [0.4, 0.5) is 4.79 Å². The second kappa shape index (κ2) is 5.31. The minimum absolute atomic E-state index is 0.0157. The molecule has 1 aromatic carbocycles. The molecule has 4 nitrogen and oxygen atoms in total. The van der Waals surface area contributed by atoms with Crippen molar-refractivity contribution in [2.24, 2.45) is 0 Å². The third-order valence-electron chi connectivity index (χ3n) is 3.97. The molecule has 0 atom stereocenters. The Bertz CT molecular complexity index is 711. The molecule has 2 rings (SSSR count). The topological polar surface area (TPSA) is 51.5 Å². The van der Waals surface area contributed by atoms with Gasteiger partial charge in [0, 0.05) is 5.39 Å². The fourth-order valence-electron chi connectivity index (χ4n) is 3.09. The zero-order chi connectivity index (χ0) is 15.9. The number of aryl methyl sites for hydroxylation is 2. The van der Waals surface area contributed by atoms with Gasteiger partial charge < -0.3 is 9.53 Å². The number of rotatable bonds is 2. The average molecular weight is 302 g/mol. The summed E-state index contributed by atoms with van der Waals surface area (Å²) in [7, 11) is 2.97. The van der Waals surface area contributed by atoms with Gasteiger partial charge in [-0.05, 0) is 42.0 Å². The molecule has 0 amide bonds. The second-order valence-corrected chi connectivity index (χ2v) is 6.65. The molecule has 1 N–H and O–H groups in total. The van der Waals surface area contributed by atoms with Crippen molar-refractivity contribution >= 4 is 27.5 Å². The van der Waals surface area contributed by atoms with Crippen LogP contribution < -0.4 is 0 Å². The summed E-state index contributed by atoms with van der Waals surface area (Å²) < 4.78 is 6.30. The molecule has 0 aliphatic rings. The Morgan fingerprint density at radius 3 is 2.38 bits per heavy atom. The highest BCUT2D eigenvalue weighted by Gasteiger charge is 2.24. The van der Waals surface area contributed by atoms with Crippen LogP contribution in [0.15, 0.2) is 12.1 Å². The highest BCUT2D eigenvalue weighted by molar-refractivity contribution is 5.98. The van der Waals surface area contributed by atoms with Gasteiger partial charge in [-0.15, -0.1) is 0 Å². The van der Waals surface area contributed by atoms with Gasteiger partial charge in [-0.1, -0.05) is 26.8 Å². The Labute approximate surface area is 128 Å². The van der Waals surface area contributed by atoms with Crippen molar-refractivity contribution in [3.05, 3.63) is 34.5 Å². The number of fused-ring (bicyclic) bond motifs is 1.